The van der Waals surface area contributed by atoms with Crippen molar-refractivity contribution in [3.05, 3.63) is 122 Å². The van der Waals surface area contributed by atoms with Crippen LogP contribution in [0.2, 0.25) is 0 Å². The van der Waals surface area contributed by atoms with E-state index in [0.29, 0.717) is 57.9 Å². The summed E-state index contributed by atoms with van der Waals surface area (Å²) in [6.07, 6.45) is -4.20. The Hall–Kier alpha value is -5.39. The zero-order valence-electron chi connectivity index (χ0n) is 29.5. The van der Waals surface area contributed by atoms with Gasteiger partial charge in [0, 0.05) is 39.3 Å². The van der Waals surface area contributed by atoms with E-state index < -0.39 is 59.0 Å². The number of carbonyl (C=O) groups is 4. The molecule has 4 N–H and O–H groups in total. The highest BCUT2D eigenvalue weighted by atomic mass is 79.9. The average Bonchev–Trinajstić information content (AvgIpc) is 3.17. The van der Waals surface area contributed by atoms with Gasteiger partial charge in [-0.15, -0.1) is 0 Å². The predicted octanol–water partition coefficient (Wildman–Crippen LogP) is 9.51. The normalized spacial score (nSPS) is 13.8. The maximum Gasteiger partial charge on any atom is 0.419 e. The van der Waals surface area contributed by atoms with Crippen molar-refractivity contribution < 1.29 is 55.7 Å². The van der Waals surface area contributed by atoms with E-state index in [0.717, 1.165) is 12.1 Å². The van der Waals surface area contributed by atoms with Gasteiger partial charge in [-0.05, 0) is 133 Å². The Balaban J connectivity index is 1.35. The molecule has 0 radical (unpaired) electrons. The summed E-state index contributed by atoms with van der Waals surface area (Å²) in [7, 11) is 1.29. The highest BCUT2D eigenvalue weighted by Crippen LogP contribution is 2.36. The lowest BCUT2D eigenvalue weighted by atomic mass is 9.95. The molecule has 17 heteroatoms. The summed E-state index contributed by atoms with van der Waals surface area (Å²) in [5.41, 5.74) is -2.27. The second-order valence-corrected chi connectivity index (χ2v) is 14.6. The van der Waals surface area contributed by atoms with Crippen LogP contribution in [0, 0.1) is 17.6 Å². The quantitative estimate of drug-likeness (QED) is 0.102. The van der Waals surface area contributed by atoms with Gasteiger partial charge in [-0.25, -0.2) is 13.6 Å². The molecule has 5 aromatic carbocycles. The molecule has 1 atom stereocenters. The SMILES string of the molecule is COc1ccc(-c2cc(C(NC(=O)C3CCOCC3)C(=O)O)ccc2F)cc1C(=O)Nc1cc2cc(Br)c(Br)cc2cc1C(=O)Nc1ccc(F)c(C(F)(F)F)c1. The Labute approximate surface area is 338 Å². The fraction of sp³-hybridized carbons (Fsp3) is 0.200. The molecule has 0 aliphatic carbocycles. The van der Waals surface area contributed by atoms with Gasteiger partial charge < -0.3 is 30.5 Å². The molecular formula is C40H30Br2F5N3O7. The Morgan fingerprint density at radius 3 is 2.11 bits per heavy atom. The summed E-state index contributed by atoms with van der Waals surface area (Å²) in [6.45, 7) is 0.717. The lowest BCUT2D eigenvalue weighted by Crippen LogP contribution is -2.39. The molecule has 0 saturated carbocycles. The summed E-state index contributed by atoms with van der Waals surface area (Å²) >= 11 is 6.81. The molecule has 0 aromatic heterocycles. The fourth-order valence-corrected chi connectivity index (χ4v) is 7.02. The first kappa shape index (κ1) is 41.2. The third-order valence-electron chi connectivity index (χ3n) is 9.24. The van der Waals surface area contributed by atoms with Gasteiger partial charge in [0.25, 0.3) is 11.8 Å². The third-order valence-corrected chi connectivity index (χ3v) is 11.1. The van der Waals surface area contributed by atoms with Crippen LogP contribution in [-0.4, -0.2) is 49.1 Å². The number of anilines is 2. The van der Waals surface area contributed by atoms with Crippen LogP contribution in [0.5, 0.6) is 5.75 Å². The van der Waals surface area contributed by atoms with Gasteiger partial charge in [0.05, 0.1) is 29.5 Å². The molecule has 1 aliphatic heterocycles. The van der Waals surface area contributed by atoms with Gasteiger partial charge in [0.15, 0.2) is 6.04 Å². The van der Waals surface area contributed by atoms with Crippen LogP contribution >= 0.6 is 31.9 Å². The van der Waals surface area contributed by atoms with Gasteiger partial charge >= 0.3 is 12.1 Å². The summed E-state index contributed by atoms with van der Waals surface area (Å²) in [5, 5.41) is 18.6. The first-order valence-electron chi connectivity index (χ1n) is 17.0. The minimum atomic E-state index is -5.04. The molecule has 1 fully saturated rings. The minimum absolute atomic E-state index is 0.0319. The van der Waals surface area contributed by atoms with Crippen LogP contribution in [0.4, 0.5) is 33.3 Å². The molecule has 296 valence electrons. The number of carboxylic acid groups (broad SMARTS) is 1. The molecule has 10 nitrogen and oxygen atoms in total. The van der Waals surface area contributed by atoms with Crippen molar-refractivity contribution >= 4 is 77.7 Å². The van der Waals surface area contributed by atoms with Crippen molar-refractivity contribution in [2.24, 2.45) is 5.92 Å². The summed E-state index contributed by atoms with van der Waals surface area (Å²) in [5.74, 6) is -6.37. The monoisotopic (exact) mass is 917 g/mol. The molecule has 0 spiro atoms. The van der Waals surface area contributed by atoms with Crippen LogP contribution in [0.1, 0.15) is 50.7 Å². The number of amides is 3. The molecule has 3 amide bonds. The molecular weight excluding hydrogens is 889 g/mol. The van der Waals surface area contributed by atoms with Gasteiger partial charge in [-0.3, -0.25) is 14.4 Å². The topological polar surface area (TPSA) is 143 Å². The van der Waals surface area contributed by atoms with Gasteiger partial charge in [-0.2, -0.15) is 13.2 Å². The molecule has 1 saturated heterocycles. The average molecular weight is 919 g/mol. The zero-order valence-corrected chi connectivity index (χ0v) is 32.7. The number of hydrogen-bond donors (Lipinski definition) is 4. The Kier molecular flexibility index (Phi) is 12.3. The first-order chi connectivity index (χ1) is 27.0. The summed E-state index contributed by atoms with van der Waals surface area (Å²) < 4.78 is 81.7. The van der Waals surface area contributed by atoms with Gasteiger partial charge in [-0.1, -0.05) is 12.1 Å². The van der Waals surface area contributed by atoms with Crippen molar-refractivity contribution in [3.63, 3.8) is 0 Å². The number of aliphatic carboxylic acids is 1. The largest absolute Gasteiger partial charge is 0.496 e. The lowest BCUT2D eigenvalue weighted by molar-refractivity contribution is -0.143. The zero-order chi connectivity index (χ0) is 41.2. The number of fused-ring (bicyclic) bond motifs is 1. The predicted molar refractivity (Wildman–Crippen MR) is 207 cm³/mol. The summed E-state index contributed by atoms with van der Waals surface area (Å²) in [6, 6.07) is 14.3. The number of alkyl halides is 3. The van der Waals surface area contributed by atoms with E-state index in [9.17, 15) is 41.8 Å². The Morgan fingerprint density at radius 1 is 0.807 bits per heavy atom. The number of carbonyl (C=O) groups excluding carboxylic acids is 3. The van der Waals surface area contributed by atoms with E-state index in [1.807, 2.05) is 0 Å². The van der Waals surface area contributed by atoms with Crippen LogP contribution in [0.15, 0.2) is 87.8 Å². The van der Waals surface area contributed by atoms with E-state index >= 15 is 4.39 Å². The smallest absolute Gasteiger partial charge is 0.419 e. The molecule has 1 aliphatic rings. The Morgan fingerprint density at radius 2 is 1.46 bits per heavy atom. The number of ether oxygens (including phenoxy) is 2. The second kappa shape index (κ2) is 17.0. The first-order valence-corrected chi connectivity index (χ1v) is 18.6. The van der Waals surface area contributed by atoms with Crippen molar-refractivity contribution in [3.8, 4) is 16.9 Å². The lowest BCUT2D eigenvalue weighted by Gasteiger charge is -2.24. The van der Waals surface area contributed by atoms with Crippen LogP contribution in [0.3, 0.4) is 0 Å². The third kappa shape index (κ3) is 9.27. The molecule has 0 bridgehead atoms. The molecule has 1 heterocycles. The number of nitrogens with one attached hydrogen (secondary N) is 3. The molecule has 6 rings (SSSR count). The van der Waals surface area contributed by atoms with Crippen molar-refractivity contribution in [1.82, 2.24) is 5.32 Å². The van der Waals surface area contributed by atoms with Crippen molar-refractivity contribution in [1.29, 1.82) is 0 Å². The van der Waals surface area contributed by atoms with Crippen LogP contribution in [0.25, 0.3) is 21.9 Å². The van der Waals surface area contributed by atoms with Crippen LogP contribution < -0.4 is 20.7 Å². The molecule has 1 unspecified atom stereocenters. The Bertz CT molecular complexity index is 2420. The van der Waals surface area contributed by atoms with Gasteiger partial charge in [0.2, 0.25) is 5.91 Å². The van der Waals surface area contributed by atoms with Gasteiger partial charge in [0.1, 0.15) is 17.4 Å². The number of hydrogen-bond acceptors (Lipinski definition) is 6. The highest BCUT2D eigenvalue weighted by Gasteiger charge is 2.34. The summed E-state index contributed by atoms with van der Waals surface area (Å²) in [4.78, 5) is 53.0. The number of halogens is 7. The molecule has 57 heavy (non-hydrogen) atoms. The standard InChI is InChI=1S/C40H30Br2F5N3O7/c1-56-34-7-3-20(25-13-21(2-5-31(25)43)35(39(54)55)50-36(51)19-8-10-57-11-9-19)12-27(34)38(53)49-33-17-23-16-30(42)29(41)15-22(23)14-26(33)37(52)48-24-4-6-32(44)28(18-24)40(45,46)47/h2-7,12-19,35H,8-11H2,1H3,(H,48,52)(H,49,53)(H,50,51)(H,54,55). The minimum Gasteiger partial charge on any atom is -0.496 e. The maximum absolute atomic E-state index is 15.5. The van der Waals surface area contributed by atoms with E-state index in [1.165, 1.54) is 49.6 Å². The highest BCUT2D eigenvalue weighted by molar-refractivity contribution is 9.13. The number of carboxylic acids is 1. The van der Waals surface area contributed by atoms with Crippen LogP contribution in [-0.2, 0) is 20.5 Å². The van der Waals surface area contributed by atoms with E-state index in [2.05, 4.69) is 47.8 Å². The van der Waals surface area contributed by atoms with E-state index in [1.54, 1.807) is 12.1 Å². The second-order valence-electron chi connectivity index (χ2n) is 12.9. The fourth-order valence-electron chi connectivity index (χ4n) is 6.30. The van der Waals surface area contributed by atoms with Crippen molar-refractivity contribution in [2.75, 3.05) is 31.0 Å². The number of benzene rings is 5. The number of rotatable bonds is 10. The maximum atomic E-state index is 15.5. The van der Waals surface area contributed by atoms with E-state index in [4.69, 9.17) is 9.47 Å². The number of methoxy groups -OCH3 is 1. The molecule has 5 aromatic rings. The van der Waals surface area contributed by atoms with Crippen molar-refractivity contribution in [2.45, 2.75) is 25.1 Å². The van der Waals surface area contributed by atoms with E-state index in [-0.39, 0.29) is 44.9 Å².